The summed E-state index contributed by atoms with van der Waals surface area (Å²) in [5.74, 6) is 1.55. The van der Waals surface area contributed by atoms with Gasteiger partial charge in [-0.3, -0.25) is 0 Å². The molecule has 2 rings (SSSR count). The van der Waals surface area contributed by atoms with Gasteiger partial charge in [0.25, 0.3) is 0 Å². The van der Waals surface area contributed by atoms with Crippen molar-refractivity contribution in [2.24, 2.45) is 0 Å². The molecule has 3 heteroatoms. The molecule has 0 aliphatic carbocycles. The zero-order valence-corrected chi connectivity index (χ0v) is 10.4. The fourth-order valence-corrected chi connectivity index (χ4v) is 1.70. The molecule has 0 bridgehead atoms. The standard InChI is InChI=1S/C15H17NO2/c1-11-10-14(6-7-15(11)16)18-13-4-2-12(3-5-13)8-9-17/h2-7,10,17H,8-9,16H2,1H3. The summed E-state index contributed by atoms with van der Waals surface area (Å²) in [5.41, 5.74) is 8.62. The Morgan fingerprint density at radius 1 is 1.06 bits per heavy atom. The number of benzene rings is 2. The van der Waals surface area contributed by atoms with Gasteiger partial charge in [-0.2, -0.15) is 0 Å². The van der Waals surface area contributed by atoms with E-state index in [9.17, 15) is 0 Å². The first-order valence-electron chi connectivity index (χ1n) is 5.93. The van der Waals surface area contributed by atoms with Crippen LogP contribution in [0.3, 0.4) is 0 Å². The number of hydrogen-bond donors (Lipinski definition) is 2. The molecule has 0 aromatic heterocycles. The van der Waals surface area contributed by atoms with Crippen molar-refractivity contribution < 1.29 is 9.84 Å². The third-order valence-corrected chi connectivity index (χ3v) is 2.80. The van der Waals surface area contributed by atoms with Crippen molar-refractivity contribution in [1.82, 2.24) is 0 Å². The smallest absolute Gasteiger partial charge is 0.127 e. The predicted molar refractivity (Wildman–Crippen MR) is 72.9 cm³/mol. The van der Waals surface area contributed by atoms with Crippen LogP contribution < -0.4 is 10.5 Å². The van der Waals surface area contributed by atoms with Crippen molar-refractivity contribution in [3.8, 4) is 11.5 Å². The van der Waals surface area contributed by atoms with E-state index in [0.29, 0.717) is 6.42 Å². The minimum Gasteiger partial charge on any atom is -0.457 e. The molecule has 0 aliphatic rings. The summed E-state index contributed by atoms with van der Waals surface area (Å²) < 4.78 is 5.73. The Labute approximate surface area is 107 Å². The molecular formula is C15H17NO2. The lowest BCUT2D eigenvalue weighted by Crippen LogP contribution is -1.92. The molecule has 0 radical (unpaired) electrons. The number of hydrogen-bond acceptors (Lipinski definition) is 3. The van der Waals surface area contributed by atoms with Gasteiger partial charge < -0.3 is 15.6 Å². The highest BCUT2D eigenvalue weighted by molar-refractivity contribution is 5.50. The van der Waals surface area contributed by atoms with Crippen LogP contribution in [0.4, 0.5) is 5.69 Å². The van der Waals surface area contributed by atoms with E-state index in [1.165, 1.54) is 0 Å². The van der Waals surface area contributed by atoms with Crippen molar-refractivity contribution in [3.05, 3.63) is 53.6 Å². The summed E-state index contributed by atoms with van der Waals surface area (Å²) in [6.07, 6.45) is 0.668. The van der Waals surface area contributed by atoms with E-state index in [1.807, 2.05) is 49.4 Å². The van der Waals surface area contributed by atoms with Gasteiger partial charge in [-0.1, -0.05) is 12.1 Å². The molecule has 3 nitrogen and oxygen atoms in total. The first kappa shape index (κ1) is 12.5. The van der Waals surface area contributed by atoms with Crippen LogP contribution in [0.5, 0.6) is 11.5 Å². The first-order chi connectivity index (χ1) is 8.69. The third kappa shape index (κ3) is 3.02. The van der Waals surface area contributed by atoms with E-state index in [4.69, 9.17) is 15.6 Å². The van der Waals surface area contributed by atoms with Gasteiger partial charge in [0.15, 0.2) is 0 Å². The fraction of sp³-hybridized carbons (Fsp3) is 0.200. The summed E-state index contributed by atoms with van der Waals surface area (Å²) in [6, 6.07) is 13.3. The lowest BCUT2D eigenvalue weighted by Gasteiger charge is -2.08. The number of ether oxygens (including phenoxy) is 1. The second-order valence-electron chi connectivity index (χ2n) is 4.24. The van der Waals surface area contributed by atoms with Gasteiger partial charge in [0.2, 0.25) is 0 Å². The Balaban J connectivity index is 2.10. The molecule has 0 aliphatic heterocycles. The maximum absolute atomic E-state index is 8.84. The number of anilines is 1. The summed E-state index contributed by atoms with van der Waals surface area (Å²) in [7, 11) is 0. The number of aliphatic hydroxyl groups is 1. The van der Waals surface area contributed by atoms with E-state index in [2.05, 4.69) is 0 Å². The van der Waals surface area contributed by atoms with E-state index >= 15 is 0 Å². The van der Waals surface area contributed by atoms with Crippen LogP contribution in [0.25, 0.3) is 0 Å². The molecule has 18 heavy (non-hydrogen) atoms. The Kier molecular flexibility index (Phi) is 3.85. The SMILES string of the molecule is Cc1cc(Oc2ccc(CCO)cc2)ccc1N. The molecule has 0 spiro atoms. The second kappa shape index (κ2) is 5.56. The summed E-state index contributed by atoms with van der Waals surface area (Å²) >= 11 is 0. The maximum Gasteiger partial charge on any atom is 0.127 e. The molecule has 0 atom stereocenters. The van der Waals surface area contributed by atoms with E-state index in [-0.39, 0.29) is 6.61 Å². The summed E-state index contributed by atoms with van der Waals surface area (Å²) in [6.45, 7) is 2.11. The second-order valence-corrected chi connectivity index (χ2v) is 4.24. The van der Waals surface area contributed by atoms with Crippen LogP contribution >= 0.6 is 0 Å². The molecule has 0 fully saturated rings. The Bertz CT molecular complexity index is 521. The number of nitrogen functional groups attached to an aromatic ring is 1. The van der Waals surface area contributed by atoms with Crippen molar-refractivity contribution in [2.75, 3.05) is 12.3 Å². The van der Waals surface area contributed by atoms with Gasteiger partial charge in [-0.25, -0.2) is 0 Å². The van der Waals surface area contributed by atoms with Crippen LogP contribution in [0.2, 0.25) is 0 Å². The molecular weight excluding hydrogens is 226 g/mol. The highest BCUT2D eigenvalue weighted by atomic mass is 16.5. The van der Waals surface area contributed by atoms with Crippen molar-refractivity contribution in [1.29, 1.82) is 0 Å². The third-order valence-electron chi connectivity index (χ3n) is 2.80. The highest BCUT2D eigenvalue weighted by Crippen LogP contribution is 2.24. The quantitative estimate of drug-likeness (QED) is 0.812. The van der Waals surface area contributed by atoms with Gasteiger partial charge in [-0.15, -0.1) is 0 Å². The molecule has 0 saturated heterocycles. The fourth-order valence-electron chi connectivity index (χ4n) is 1.70. The van der Waals surface area contributed by atoms with Gasteiger partial charge in [0, 0.05) is 12.3 Å². The molecule has 0 amide bonds. The average Bonchev–Trinajstić information content (AvgIpc) is 2.37. The maximum atomic E-state index is 8.84. The summed E-state index contributed by atoms with van der Waals surface area (Å²) in [5, 5.41) is 8.84. The minimum absolute atomic E-state index is 0.164. The molecule has 94 valence electrons. The van der Waals surface area contributed by atoms with Crippen LogP contribution in [0, 0.1) is 6.92 Å². The van der Waals surface area contributed by atoms with Gasteiger partial charge in [0.1, 0.15) is 11.5 Å². The van der Waals surface area contributed by atoms with E-state index in [1.54, 1.807) is 0 Å². The molecule has 2 aromatic carbocycles. The van der Waals surface area contributed by atoms with Crippen molar-refractivity contribution in [2.45, 2.75) is 13.3 Å². The van der Waals surface area contributed by atoms with E-state index in [0.717, 1.165) is 28.3 Å². The van der Waals surface area contributed by atoms with Gasteiger partial charge in [0.05, 0.1) is 0 Å². The lowest BCUT2D eigenvalue weighted by molar-refractivity contribution is 0.299. The average molecular weight is 243 g/mol. The number of aliphatic hydroxyl groups excluding tert-OH is 1. The molecule has 3 N–H and O–H groups in total. The molecule has 0 unspecified atom stereocenters. The molecule has 2 aromatic rings. The Morgan fingerprint density at radius 3 is 2.33 bits per heavy atom. The summed E-state index contributed by atoms with van der Waals surface area (Å²) in [4.78, 5) is 0. The minimum atomic E-state index is 0.164. The van der Waals surface area contributed by atoms with Crippen LogP contribution in [-0.4, -0.2) is 11.7 Å². The van der Waals surface area contributed by atoms with Crippen LogP contribution in [-0.2, 0) is 6.42 Å². The van der Waals surface area contributed by atoms with E-state index < -0.39 is 0 Å². The molecule has 0 saturated carbocycles. The van der Waals surface area contributed by atoms with Crippen LogP contribution in [0.15, 0.2) is 42.5 Å². The van der Waals surface area contributed by atoms with Crippen LogP contribution in [0.1, 0.15) is 11.1 Å². The number of nitrogens with two attached hydrogens (primary N) is 1. The topological polar surface area (TPSA) is 55.5 Å². The Morgan fingerprint density at radius 2 is 1.72 bits per heavy atom. The highest BCUT2D eigenvalue weighted by Gasteiger charge is 2.00. The van der Waals surface area contributed by atoms with Crippen molar-refractivity contribution in [3.63, 3.8) is 0 Å². The van der Waals surface area contributed by atoms with Gasteiger partial charge in [-0.05, 0) is 54.8 Å². The number of aryl methyl sites for hydroxylation is 1. The van der Waals surface area contributed by atoms with Gasteiger partial charge >= 0.3 is 0 Å². The zero-order valence-electron chi connectivity index (χ0n) is 10.4. The lowest BCUT2D eigenvalue weighted by atomic mass is 10.1. The molecule has 0 heterocycles. The first-order valence-corrected chi connectivity index (χ1v) is 5.93. The largest absolute Gasteiger partial charge is 0.457 e. The van der Waals surface area contributed by atoms with Crippen molar-refractivity contribution >= 4 is 5.69 Å². The Hall–Kier alpha value is -2.00. The predicted octanol–water partition coefficient (Wildman–Crippen LogP) is 2.90. The normalized spacial score (nSPS) is 10.3. The number of rotatable bonds is 4. The zero-order chi connectivity index (χ0) is 13.0. The monoisotopic (exact) mass is 243 g/mol.